The maximum atomic E-state index is 11.5. The molecule has 1 aromatic carbocycles. The Morgan fingerprint density at radius 1 is 1.32 bits per heavy atom. The first-order valence-corrected chi connectivity index (χ1v) is 6.75. The van der Waals surface area contributed by atoms with E-state index >= 15 is 0 Å². The van der Waals surface area contributed by atoms with Crippen LogP contribution in [0.5, 0.6) is 0 Å². The van der Waals surface area contributed by atoms with E-state index in [1.807, 2.05) is 31.2 Å². The molecule has 19 heavy (non-hydrogen) atoms. The van der Waals surface area contributed by atoms with Crippen molar-refractivity contribution < 1.29 is 9.90 Å². The van der Waals surface area contributed by atoms with Gasteiger partial charge in [0.05, 0.1) is 5.92 Å². The number of aryl methyl sites for hydroxylation is 1. The van der Waals surface area contributed by atoms with Gasteiger partial charge in [0.15, 0.2) is 0 Å². The number of nitrogens with zero attached hydrogens (tertiary/aromatic N) is 1. The van der Waals surface area contributed by atoms with E-state index < -0.39 is 11.9 Å². The molecule has 0 saturated carbocycles. The molecule has 2 rings (SSSR count). The zero-order chi connectivity index (χ0) is 13.8. The van der Waals surface area contributed by atoms with Gasteiger partial charge in [-0.15, -0.1) is 0 Å². The number of hydrogen-bond donors (Lipinski definition) is 1. The largest absolute Gasteiger partial charge is 0.481 e. The molecule has 0 bridgehead atoms. The van der Waals surface area contributed by atoms with Crippen molar-refractivity contribution in [2.24, 2.45) is 0 Å². The van der Waals surface area contributed by atoms with Gasteiger partial charge in [0.25, 0.3) is 0 Å². The van der Waals surface area contributed by atoms with Crippen molar-refractivity contribution in [3.63, 3.8) is 0 Å². The van der Waals surface area contributed by atoms with Crippen LogP contribution in [-0.4, -0.2) is 16.1 Å². The predicted octanol–water partition coefficient (Wildman–Crippen LogP) is 3.56. The lowest BCUT2D eigenvalue weighted by Crippen LogP contribution is -2.15. The third-order valence-corrected chi connectivity index (χ3v) is 3.70. The van der Waals surface area contributed by atoms with E-state index in [2.05, 4.69) is 20.9 Å². The maximum absolute atomic E-state index is 11.5. The summed E-state index contributed by atoms with van der Waals surface area (Å²) < 4.78 is 0.731. The molecule has 3 nitrogen and oxygen atoms in total. The van der Waals surface area contributed by atoms with Crippen LogP contribution in [0.1, 0.15) is 22.6 Å². The second-order valence-corrected chi connectivity index (χ2v) is 5.33. The molecule has 0 fully saturated rings. The van der Waals surface area contributed by atoms with E-state index in [-0.39, 0.29) is 0 Å². The molecule has 98 valence electrons. The highest BCUT2D eigenvalue weighted by molar-refractivity contribution is 9.10. The molecule has 1 heterocycles. The van der Waals surface area contributed by atoms with Crippen molar-refractivity contribution in [1.82, 2.24) is 4.98 Å². The minimum Gasteiger partial charge on any atom is -0.481 e. The summed E-state index contributed by atoms with van der Waals surface area (Å²) in [5.74, 6) is -1.40. The van der Waals surface area contributed by atoms with Gasteiger partial charge in [0, 0.05) is 16.9 Å². The van der Waals surface area contributed by atoms with Gasteiger partial charge in [-0.3, -0.25) is 9.78 Å². The van der Waals surface area contributed by atoms with E-state index in [1.54, 1.807) is 18.5 Å². The number of halogens is 1. The summed E-state index contributed by atoms with van der Waals surface area (Å²) in [6.45, 7) is 2.01. The average molecular weight is 320 g/mol. The number of aromatic nitrogens is 1. The number of hydrogen-bond acceptors (Lipinski definition) is 2. The summed E-state index contributed by atoms with van der Waals surface area (Å²) in [6.07, 6.45) is 3.71. The lowest BCUT2D eigenvalue weighted by Gasteiger charge is -2.14. The number of rotatable bonds is 4. The Bertz CT molecular complexity index is 581. The Balaban J connectivity index is 2.29. The van der Waals surface area contributed by atoms with Gasteiger partial charge >= 0.3 is 5.97 Å². The van der Waals surface area contributed by atoms with E-state index in [0.29, 0.717) is 6.42 Å². The van der Waals surface area contributed by atoms with Gasteiger partial charge in [-0.05, 0) is 46.5 Å². The summed E-state index contributed by atoms with van der Waals surface area (Å²) in [5, 5.41) is 9.43. The van der Waals surface area contributed by atoms with Crippen LogP contribution in [0.4, 0.5) is 0 Å². The van der Waals surface area contributed by atoms with Crippen LogP contribution in [0, 0.1) is 6.92 Å². The van der Waals surface area contributed by atoms with E-state index in [1.165, 1.54) is 5.56 Å². The Labute approximate surface area is 120 Å². The number of benzene rings is 1. The summed E-state index contributed by atoms with van der Waals surface area (Å²) in [7, 11) is 0. The van der Waals surface area contributed by atoms with Crippen LogP contribution >= 0.6 is 15.9 Å². The standard InChI is InChI=1S/C15H14BrNO2/c1-10-2-4-11(5-3-10)8-13(15(18)19)12-6-7-17-9-14(12)16/h2-7,9,13H,8H2,1H3,(H,18,19). The molecule has 4 heteroatoms. The first-order valence-electron chi connectivity index (χ1n) is 5.95. The van der Waals surface area contributed by atoms with Crippen molar-refractivity contribution in [3.05, 3.63) is 63.9 Å². The number of aliphatic carboxylic acids is 1. The zero-order valence-electron chi connectivity index (χ0n) is 10.5. The van der Waals surface area contributed by atoms with Gasteiger partial charge in [-0.1, -0.05) is 29.8 Å². The summed E-state index contributed by atoms with van der Waals surface area (Å²) in [5.41, 5.74) is 2.94. The Hall–Kier alpha value is -1.68. The van der Waals surface area contributed by atoms with Crippen LogP contribution in [0.15, 0.2) is 47.2 Å². The highest BCUT2D eigenvalue weighted by atomic mass is 79.9. The molecule has 1 unspecified atom stereocenters. The SMILES string of the molecule is Cc1ccc(CC(C(=O)O)c2ccncc2Br)cc1. The van der Waals surface area contributed by atoms with Crippen molar-refractivity contribution in [1.29, 1.82) is 0 Å². The number of carbonyl (C=O) groups is 1. The fourth-order valence-corrected chi connectivity index (χ4v) is 2.49. The fourth-order valence-electron chi connectivity index (χ4n) is 1.96. The van der Waals surface area contributed by atoms with E-state index in [9.17, 15) is 9.90 Å². The molecule has 0 aliphatic heterocycles. The molecule has 0 aliphatic carbocycles. The normalized spacial score (nSPS) is 12.1. The first kappa shape index (κ1) is 13.7. The second-order valence-electron chi connectivity index (χ2n) is 4.48. The molecular formula is C15H14BrNO2. The third kappa shape index (κ3) is 3.41. The van der Waals surface area contributed by atoms with Crippen LogP contribution in [-0.2, 0) is 11.2 Å². The molecule has 1 aromatic heterocycles. The molecule has 0 spiro atoms. The minimum atomic E-state index is -0.826. The molecule has 2 aromatic rings. The van der Waals surface area contributed by atoms with E-state index in [0.717, 1.165) is 15.6 Å². The molecule has 0 amide bonds. The van der Waals surface area contributed by atoms with E-state index in [4.69, 9.17) is 0 Å². The van der Waals surface area contributed by atoms with Crippen molar-refractivity contribution >= 4 is 21.9 Å². The second kappa shape index (κ2) is 5.97. The van der Waals surface area contributed by atoms with Gasteiger partial charge in [-0.25, -0.2) is 0 Å². The highest BCUT2D eigenvalue weighted by Gasteiger charge is 2.22. The molecule has 1 N–H and O–H groups in total. The van der Waals surface area contributed by atoms with Crippen molar-refractivity contribution in [3.8, 4) is 0 Å². The number of carboxylic acid groups (broad SMARTS) is 1. The van der Waals surface area contributed by atoms with Crippen LogP contribution in [0.25, 0.3) is 0 Å². The fraction of sp³-hybridized carbons (Fsp3) is 0.200. The van der Waals surface area contributed by atoms with Crippen LogP contribution < -0.4 is 0 Å². The van der Waals surface area contributed by atoms with Gasteiger partial charge in [0.2, 0.25) is 0 Å². The zero-order valence-corrected chi connectivity index (χ0v) is 12.1. The topological polar surface area (TPSA) is 50.2 Å². The smallest absolute Gasteiger partial charge is 0.311 e. The number of pyridine rings is 1. The predicted molar refractivity (Wildman–Crippen MR) is 77.2 cm³/mol. The molecule has 0 aliphatic rings. The Morgan fingerprint density at radius 2 is 2.00 bits per heavy atom. The number of carboxylic acids is 1. The lowest BCUT2D eigenvalue weighted by atomic mass is 9.92. The van der Waals surface area contributed by atoms with Crippen LogP contribution in [0.2, 0.25) is 0 Å². The van der Waals surface area contributed by atoms with Crippen molar-refractivity contribution in [2.75, 3.05) is 0 Å². The van der Waals surface area contributed by atoms with Gasteiger partial charge in [0.1, 0.15) is 0 Å². The molecule has 1 atom stereocenters. The lowest BCUT2D eigenvalue weighted by molar-refractivity contribution is -0.138. The van der Waals surface area contributed by atoms with Gasteiger partial charge in [-0.2, -0.15) is 0 Å². The minimum absolute atomic E-state index is 0.470. The average Bonchev–Trinajstić information content (AvgIpc) is 2.39. The molecular weight excluding hydrogens is 306 g/mol. The molecule has 0 radical (unpaired) electrons. The quantitative estimate of drug-likeness (QED) is 0.937. The molecule has 0 saturated heterocycles. The van der Waals surface area contributed by atoms with Gasteiger partial charge < -0.3 is 5.11 Å². The van der Waals surface area contributed by atoms with Crippen LogP contribution in [0.3, 0.4) is 0 Å². The van der Waals surface area contributed by atoms with Crippen molar-refractivity contribution in [2.45, 2.75) is 19.3 Å². The Morgan fingerprint density at radius 3 is 2.58 bits per heavy atom. The Kier molecular flexibility index (Phi) is 4.32. The summed E-state index contributed by atoms with van der Waals surface area (Å²) in [4.78, 5) is 15.4. The first-order chi connectivity index (χ1) is 9.08. The summed E-state index contributed by atoms with van der Waals surface area (Å²) >= 11 is 3.36. The highest BCUT2D eigenvalue weighted by Crippen LogP contribution is 2.27. The monoisotopic (exact) mass is 319 g/mol. The summed E-state index contributed by atoms with van der Waals surface area (Å²) in [6, 6.07) is 9.68. The third-order valence-electron chi connectivity index (χ3n) is 3.04. The maximum Gasteiger partial charge on any atom is 0.311 e.